The highest BCUT2D eigenvalue weighted by molar-refractivity contribution is 5.93. The topological polar surface area (TPSA) is 90.1 Å². The van der Waals surface area contributed by atoms with Gasteiger partial charge in [0.2, 0.25) is 5.91 Å². The molecule has 2 aromatic rings. The summed E-state index contributed by atoms with van der Waals surface area (Å²) >= 11 is 0. The van der Waals surface area contributed by atoms with E-state index in [1.54, 1.807) is 12.4 Å². The first-order valence-corrected chi connectivity index (χ1v) is 6.75. The van der Waals surface area contributed by atoms with E-state index < -0.39 is 0 Å². The minimum absolute atomic E-state index is 0.156. The van der Waals surface area contributed by atoms with Crippen molar-refractivity contribution in [3.05, 3.63) is 42.7 Å². The van der Waals surface area contributed by atoms with Crippen molar-refractivity contribution >= 4 is 11.6 Å². The molecule has 1 saturated heterocycles. The Kier molecular flexibility index (Phi) is 3.89. The standard InChI is InChI=1S/C15H16N4O2/c16-13-9-21-8-12(13)15(20)19-11-6-17-14(18-7-11)10-4-2-1-3-5-10/h1-7,12-13H,8-9,16H2,(H,19,20). The molecule has 1 aliphatic rings. The summed E-state index contributed by atoms with van der Waals surface area (Å²) in [7, 11) is 0. The number of aromatic nitrogens is 2. The zero-order valence-corrected chi connectivity index (χ0v) is 11.4. The second-order valence-corrected chi connectivity index (χ2v) is 4.96. The van der Waals surface area contributed by atoms with E-state index in [0.29, 0.717) is 24.7 Å². The Hall–Kier alpha value is -2.31. The molecule has 2 unspecified atom stereocenters. The molecule has 2 heterocycles. The summed E-state index contributed by atoms with van der Waals surface area (Å²) in [6, 6.07) is 9.40. The van der Waals surface area contributed by atoms with Crippen LogP contribution in [0.3, 0.4) is 0 Å². The number of benzene rings is 1. The van der Waals surface area contributed by atoms with E-state index in [4.69, 9.17) is 10.5 Å². The first kappa shape index (κ1) is 13.7. The van der Waals surface area contributed by atoms with Crippen LogP contribution in [0.25, 0.3) is 11.4 Å². The van der Waals surface area contributed by atoms with Gasteiger partial charge in [0, 0.05) is 11.6 Å². The Labute approximate surface area is 122 Å². The highest BCUT2D eigenvalue weighted by Gasteiger charge is 2.31. The van der Waals surface area contributed by atoms with Crippen molar-refractivity contribution in [1.82, 2.24) is 9.97 Å². The van der Waals surface area contributed by atoms with Gasteiger partial charge in [-0.15, -0.1) is 0 Å². The van der Waals surface area contributed by atoms with Crippen molar-refractivity contribution in [3.63, 3.8) is 0 Å². The average Bonchev–Trinajstić information content (AvgIpc) is 2.95. The number of nitrogens with two attached hydrogens (primary N) is 1. The number of ether oxygens (including phenoxy) is 1. The molecule has 1 fully saturated rings. The summed E-state index contributed by atoms with van der Waals surface area (Å²) in [6.45, 7) is 0.775. The normalized spacial score (nSPS) is 21.2. The first-order valence-electron chi connectivity index (χ1n) is 6.75. The number of nitrogens with one attached hydrogen (secondary N) is 1. The first-order chi connectivity index (χ1) is 10.2. The molecule has 0 radical (unpaired) electrons. The Morgan fingerprint density at radius 1 is 1.19 bits per heavy atom. The maximum Gasteiger partial charge on any atom is 0.231 e. The lowest BCUT2D eigenvalue weighted by Crippen LogP contribution is -2.37. The van der Waals surface area contributed by atoms with Crippen LogP contribution in [0.1, 0.15) is 0 Å². The van der Waals surface area contributed by atoms with E-state index in [1.807, 2.05) is 30.3 Å². The van der Waals surface area contributed by atoms with Crippen LogP contribution in [0.4, 0.5) is 5.69 Å². The molecule has 6 nitrogen and oxygen atoms in total. The van der Waals surface area contributed by atoms with Crippen molar-refractivity contribution in [1.29, 1.82) is 0 Å². The lowest BCUT2D eigenvalue weighted by atomic mass is 10.0. The summed E-state index contributed by atoms with van der Waals surface area (Å²) in [5.74, 6) is 0.143. The molecule has 1 aromatic carbocycles. The van der Waals surface area contributed by atoms with E-state index in [9.17, 15) is 4.79 Å². The number of rotatable bonds is 3. The summed E-state index contributed by atoms with van der Waals surface area (Å²) in [6.07, 6.45) is 3.18. The maximum atomic E-state index is 12.1. The molecule has 3 N–H and O–H groups in total. The predicted molar refractivity (Wildman–Crippen MR) is 78.4 cm³/mol. The Morgan fingerprint density at radius 2 is 1.90 bits per heavy atom. The molecule has 6 heteroatoms. The molecule has 3 rings (SSSR count). The molecule has 0 aliphatic carbocycles. The molecule has 108 valence electrons. The number of anilines is 1. The third kappa shape index (κ3) is 3.07. The summed E-state index contributed by atoms with van der Waals surface area (Å²) in [4.78, 5) is 20.6. The second kappa shape index (κ2) is 5.99. The SMILES string of the molecule is NC1COCC1C(=O)Nc1cnc(-c2ccccc2)nc1. The summed E-state index contributed by atoms with van der Waals surface area (Å²) < 4.78 is 5.19. The van der Waals surface area contributed by atoms with Gasteiger partial charge >= 0.3 is 0 Å². The summed E-state index contributed by atoms with van der Waals surface area (Å²) in [5, 5.41) is 2.77. The van der Waals surface area contributed by atoms with Gasteiger partial charge < -0.3 is 15.8 Å². The lowest BCUT2D eigenvalue weighted by Gasteiger charge is -2.13. The maximum absolute atomic E-state index is 12.1. The number of nitrogens with zero attached hydrogens (tertiary/aromatic N) is 2. The number of carbonyl (C=O) groups excluding carboxylic acids is 1. The van der Waals surface area contributed by atoms with Crippen LogP contribution in [-0.4, -0.2) is 35.1 Å². The number of amides is 1. The molecule has 1 amide bonds. The highest BCUT2D eigenvalue weighted by Crippen LogP contribution is 2.17. The molecular formula is C15H16N4O2. The van der Waals surface area contributed by atoms with Gasteiger partial charge in [-0.05, 0) is 0 Å². The van der Waals surface area contributed by atoms with Crippen LogP contribution in [0.5, 0.6) is 0 Å². The van der Waals surface area contributed by atoms with E-state index in [-0.39, 0.29) is 17.9 Å². The van der Waals surface area contributed by atoms with Crippen molar-refractivity contribution in [3.8, 4) is 11.4 Å². The van der Waals surface area contributed by atoms with E-state index in [1.165, 1.54) is 0 Å². The van der Waals surface area contributed by atoms with Crippen LogP contribution in [0.15, 0.2) is 42.7 Å². The molecule has 1 aromatic heterocycles. The Bertz CT molecular complexity index is 615. The Morgan fingerprint density at radius 3 is 2.52 bits per heavy atom. The molecule has 0 spiro atoms. The van der Waals surface area contributed by atoms with E-state index >= 15 is 0 Å². The second-order valence-electron chi connectivity index (χ2n) is 4.96. The van der Waals surface area contributed by atoms with Gasteiger partial charge in [-0.3, -0.25) is 4.79 Å². The fourth-order valence-electron chi connectivity index (χ4n) is 2.20. The van der Waals surface area contributed by atoms with Crippen LogP contribution in [-0.2, 0) is 9.53 Å². The fourth-order valence-corrected chi connectivity index (χ4v) is 2.20. The third-order valence-electron chi connectivity index (χ3n) is 3.41. The van der Waals surface area contributed by atoms with Gasteiger partial charge in [-0.2, -0.15) is 0 Å². The molecule has 21 heavy (non-hydrogen) atoms. The number of hydrogen-bond acceptors (Lipinski definition) is 5. The quantitative estimate of drug-likeness (QED) is 0.879. The van der Waals surface area contributed by atoms with Crippen molar-refractivity contribution < 1.29 is 9.53 Å². The van der Waals surface area contributed by atoms with Gasteiger partial charge in [-0.1, -0.05) is 30.3 Å². The molecular weight excluding hydrogens is 268 g/mol. The molecule has 0 bridgehead atoms. The third-order valence-corrected chi connectivity index (χ3v) is 3.41. The highest BCUT2D eigenvalue weighted by atomic mass is 16.5. The minimum Gasteiger partial charge on any atom is -0.379 e. The van der Waals surface area contributed by atoms with Gasteiger partial charge in [0.1, 0.15) is 0 Å². The fraction of sp³-hybridized carbons (Fsp3) is 0.267. The molecule has 2 atom stereocenters. The van der Waals surface area contributed by atoms with Gasteiger partial charge in [-0.25, -0.2) is 9.97 Å². The van der Waals surface area contributed by atoms with Gasteiger partial charge in [0.25, 0.3) is 0 Å². The number of hydrogen-bond donors (Lipinski definition) is 2. The average molecular weight is 284 g/mol. The molecule has 1 aliphatic heterocycles. The van der Waals surface area contributed by atoms with Crippen LogP contribution in [0.2, 0.25) is 0 Å². The lowest BCUT2D eigenvalue weighted by molar-refractivity contribution is -0.120. The molecule has 0 saturated carbocycles. The number of carbonyl (C=O) groups is 1. The monoisotopic (exact) mass is 284 g/mol. The largest absolute Gasteiger partial charge is 0.379 e. The van der Waals surface area contributed by atoms with Crippen molar-refractivity contribution in [2.24, 2.45) is 11.7 Å². The van der Waals surface area contributed by atoms with Gasteiger partial charge in [0.05, 0.1) is 37.2 Å². The van der Waals surface area contributed by atoms with Crippen LogP contribution in [0, 0.1) is 5.92 Å². The zero-order chi connectivity index (χ0) is 14.7. The Balaban J connectivity index is 1.69. The predicted octanol–water partition coefficient (Wildman–Crippen LogP) is 1.06. The minimum atomic E-state index is -0.321. The smallest absolute Gasteiger partial charge is 0.231 e. The van der Waals surface area contributed by atoms with E-state index in [0.717, 1.165) is 5.56 Å². The van der Waals surface area contributed by atoms with Crippen molar-refractivity contribution in [2.75, 3.05) is 18.5 Å². The summed E-state index contributed by atoms with van der Waals surface area (Å²) in [5.41, 5.74) is 7.30. The van der Waals surface area contributed by atoms with Crippen LogP contribution >= 0.6 is 0 Å². The van der Waals surface area contributed by atoms with Crippen LogP contribution < -0.4 is 11.1 Å². The zero-order valence-electron chi connectivity index (χ0n) is 11.4. The van der Waals surface area contributed by atoms with Crippen molar-refractivity contribution in [2.45, 2.75) is 6.04 Å². The van der Waals surface area contributed by atoms with Gasteiger partial charge in [0.15, 0.2) is 5.82 Å². The van der Waals surface area contributed by atoms with E-state index in [2.05, 4.69) is 15.3 Å².